The zero-order valence-electron chi connectivity index (χ0n) is 9.29. The molecule has 1 aromatic carbocycles. The van der Waals surface area contributed by atoms with E-state index >= 15 is 0 Å². The number of carboxylic acid groups (broad SMARTS) is 1. The first-order valence-electron chi connectivity index (χ1n) is 4.81. The van der Waals surface area contributed by atoms with Gasteiger partial charge in [-0.3, -0.25) is 10.1 Å². The molecule has 0 unspecified atom stereocenters. The van der Waals surface area contributed by atoms with Crippen LogP contribution in [0, 0.1) is 10.1 Å². The van der Waals surface area contributed by atoms with Gasteiger partial charge in [-0.15, -0.1) is 6.58 Å². The number of anilines is 1. The smallest absolute Gasteiger partial charge is 0.335 e. The number of nitrogens with zero attached hydrogens (tertiary/aromatic N) is 2. The molecule has 0 atom stereocenters. The lowest BCUT2D eigenvalue weighted by Crippen LogP contribution is -2.18. The van der Waals surface area contributed by atoms with Gasteiger partial charge in [0.15, 0.2) is 0 Å². The molecule has 6 nitrogen and oxygen atoms in total. The molecule has 1 rings (SSSR count). The molecule has 90 valence electrons. The normalized spacial score (nSPS) is 9.71. The summed E-state index contributed by atoms with van der Waals surface area (Å²) in [6, 6.07) is 3.81. The van der Waals surface area contributed by atoms with Crippen molar-refractivity contribution in [1.82, 2.24) is 0 Å². The van der Waals surface area contributed by atoms with Crippen molar-refractivity contribution in [2.24, 2.45) is 0 Å². The Morgan fingerprint density at radius 2 is 2.29 bits per heavy atom. The maximum Gasteiger partial charge on any atom is 0.335 e. The fourth-order valence-corrected chi connectivity index (χ4v) is 1.42. The van der Waals surface area contributed by atoms with Crippen LogP contribution in [0.1, 0.15) is 10.4 Å². The number of carboxylic acids is 1. The highest BCUT2D eigenvalue weighted by Crippen LogP contribution is 2.28. The zero-order chi connectivity index (χ0) is 13.0. The van der Waals surface area contributed by atoms with Crippen molar-refractivity contribution in [3.05, 3.63) is 46.5 Å². The standard InChI is InChI=1S/C11H12N2O4/c1-3-6-12(2)9-5-4-8(11(14)15)7-10(9)13(16)17/h3-5,7H,1,6H2,2H3,(H,14,15). The summed E-state index contributed by atoms with van der Waals surface area (Å²) in [5.74, 6) is -1.19. The number of rotatable bonds is 5. The van der Waals surface area contributed by atoms with E-state index in [0.29, 0.717) is 12.2 Å². The van der Waals surface area contributed by atoms with Crippen molar-refractivity contribution in [3.8, 4) is 0 Å². The van der Waals surface area contributed by atoms with Gasteiger partial charge in [-0.2, -0.15) is 0 Å². The second kappa shape index (κ2) is 5.11. The van der Waals surface area contributed by atoms with E-state index in [2.05, 4.69) is 6.58 Å². The predicted octanol–water partition coefficient (Wildman–Crippen LogP) is 1.92. The number of hydrogen-bond acceptors (Lipinski definition) is 4. The Hall–Kier alpha value is -2.37. The molecule has 1 aromatic rings. The second-order valence-corrected chi connectivity index (χ2v) is 3.43. The summed E-state index contributed by atoms with van der Waals surface area (Å²) >= 11 is 0. The molecule has 0 saturated heterocycles. The average Bonchev–Trinajstić information content (AvgIpc) is 2.28. The number of nitro benzene ring substituents is 1. The summed E-state index contributed by atoms with van der Waals surface area (Å²) in [4.78, 5) is 22.6. The zero-order valence-corrected chi connectivity index (χ0v) is 9.29. The molecule has 6 heteroatoms. The van der Waals surface area contributed by atoms with Gasteiger partial charge in [-0.05, 0) is 12.1 Å². The summed E-state index contributed by atoms with van der Waals surface area (Å²) in [6.45, 7) is 3.98. The monoisotopic (exact) mass is 236 g/mol. The fraction of sp³-hybridized carbons (Fsp3) is 0.182. The number of likely N-dealkylation sites (N-methyl/N-ethyl adjacent to an activating group) is 1. The Morgan fingerprint density at radius 1 is 1.65 bits per heavy atom. The van der Waals surface area contributed by atoms with Crippen molar-refractivity contribution in [3.63, 3.8) is 0 Å². The Morgan fingerprint density at radius 3 is 2.76 bits per heavy atom. The molecule has 0 radical (unpaired) electrons. The maximum absolute atomic E-state index is 10.9. The molecule has 0 spiro atoms. The van der Waals surface area contributed by atoms with Crippen molar-refractivity contribution < 1.29 is 14.8 Å². The van der Waals surface area contributed by atoms with Gasteiger partial charge in [0.05, 0.1) is 10.5 Å². The van der Waals surface area contributed by atoms with E-state index in [1.165, 1.54) is 12.1 Å². The van der Waals surface area contributed by atoms with Crippen molar-refractivity contribution in [2.45, 2.75) is 0 Å². The molecule has 17 heavy (non-hydrogen) atoms. The minimum Gasteiger partial charge on any atom is -0.478 e. The van der Waals surface area contributed by atoms with Crippen LogP contribution in [0.2, 0.25) is 0 Å². The first kappa shape index (κ1) is 12.7. The van der Waals surface area contributed by atoms with Crippen LogP contribution in [0.4, 0.5) is 11.4 Å². The molecular formula is C11H12N2O4. The van der Waals surface area contributed by atoms with Crippen molar-refractivity contribution in [1.29, 1.82) is 0 Å². The number of nitro groups is 1. The minimum absolute atomic E-state index is 0.104. The maximum atomic E-state index is 10.9. The number of benzene rings is 1. The van der Waals surface area contributed by atoms with E-state index in [1.807, 2.05) is 0 Å². The van der Waals surface area contributed by atoms with Crippen LogP contribution >= 0.6 is 0 Å². The molecule has 1 N–H and O–H groups in total. The third kappa shape index (κ3) is 2.81. The number of aromatic carboxylic acids is 1. The highest BCUT2D eigenvalue weighted by Gasteiger charge is 2.19. The summed E-state index contributed by atoms with van der Waals surface area (Å²) in [5, 5.41) is 19.6. The fourth-order valence-electron chi connectivity index (χ4n) is 1.42. The van der Waals surface area contributed by atoms with Gasteiger partial charge in [-0.1, -0.05) is 6.08 Å². The van der Waals surface area contributed by atoms with Crippen LogP contribution in [-0.2, 0) is 0 Å². The molecule has 0 amide bonds. The third-order valence-corrected chi connectivity index (χ3v) is 2.23. The van der Waals surface area contributed by atoms with Crippen LogP contribution in [0.3, 0.4) is 0 Å². The van der Waals surface area contributed by atoms with Crippen LogP contribution in [0.25, 0.3) is 0 Å². The molecule has 0 bridgehead atoms. The molecule has 0 heterocycles. The molecule has 0 aliphatic rings. The van der Waals surface area contributed by atoms with E-state index in [1.54, 1.807) is 18.0 Å². The first-order chi connectivity index (χ1) is 7.97. The Balaban J connectivity index is 3.26. The summed E-state index contributed by atoms with van der Waals surface area (Å²) in [5.41, 5.74) is 0.0293. The molecular weight excluding hydrogens is 224 g/mol. The quantitative estimate of drug-likeness (QED) is 0.479. The SMILES string of the molecule is C=CCN(C)c1ccc(C(=O)O)cc1[N+](=O)[O-]. The number of hydrogen-bond donors (Lipinski definition) is 1. The highest BCUT2D eigenvalue weighted by molar-refractivity contribution is 5.89. The van der Waals surface area contributed by atoms with E-state index in [4.69, 9.17) is 5.11 Å². The van der Waals surface area contributed by atoms with Crippen LogP contribution in [-0.4, -0.2) is 29.6 Å². The van der Waals surface area contributed by atoms with Gasteiger partial charge in [0.2, 0.25) is 0 Å². The summed E-state index contributed by atoms with van der Waals surface area (Å²) < 4.78 is 0. The average molecular weight is 236 g/mol. The molecule has 0 saturated carbocycles. The van der Waals surface area contributed by atoms with Gasteiger partial charge in [0.25, 0.3) is 5.69 Å². The largest absolute Gasteiger partial charge is 0.478 e. The topological polar surface area (TPSA) is 83.7 Å². The molecule has 0 aromatic heterocycles. The van der Waals surface area contributed by atoms with E-state index in [-0.39, 0.29) is 11.3 Å². The van der Waals surface area contributed by atoms with Gasteiger partial charge in [0.1, 0.15) is 5.69 Å². The second-order valence-electron chi connectivity index (χ2n) is 3.43. The predicted molar refractivity (Wildman–Crippen MR) is 63.5 cm³/mol. The number of carbonyl (C=O) groups is 1. The lowest BCUT2D eigenvalue weighted by Gasteiger charge is -2.17. The Kier molecular flexibility index (Phi) is 3.82. The lowest BCUT2D eigenvalue weighted by molar-refractivity contribution is -0.384. The van der Waals surface area contributed by atoms with Crippen molar-refractivity contribution >= 4 is 17.3 Å². The van der Waals surface area contributed by atoms with Crippen molar-refractivity contribution in [2.75, 3.05) is 18.5 Å². The minimum atomic E-state index is -1.19. The first-order valence-corrected chi connectivity index (χ1v) is 4.81. The van der Waals surface area contributed by atoms with Crippen LogP contribution in [0.15, 0.2) is 30.9 Å². The van der Waals surface area contributed by atoms with Gasteiger partial charge in [-0.25, -0.2) is 4.79 Å². The Bertz CT molecular complexity index is 471. The van der Waals surface area contributed by atoms with Gasteiger partial charge < -0.3 is 10.0 Å². The van der Waals surface area contributed by atoms with E-state index < -0.39 is 10.9 Å². The summed E-state index contributed by atoms with van der Waals surface area (Å²) in [6.07, 6.45) is 1.61. The van der Waals surface area contributed by atoms with Crippen LogP contribution in [0.5, 0.6) is 0 Å². The molecule has 0 fully saturated rings. The van der Waals surface area contributed by atoms with Crippen LogP contribution < -0.4 is 4.90 Å². The molecule has 0 aliphatic carbocycles. The van der Waals surface area contributed by atoms with Gasteiger partial charge >= 0.3 is 5.97 Å². The molecule has 0 aliphatic heterocycles. The summed E-state index contributed by atoms with van der Waals surface area (Å²) in [7, 11) is 1.67. The third-order valence-electron chi connectivity index (χ3n) is 2.23. The lowest BCUT2D eigenvalue weighted by atomic mass is 10.1. The highest BCUT2D eigenvalue weighted by atomic mass is 16.6. The van der Waals surface area contributed by atoms with E-state index in [0.717, 1.165) is 6.07 Å². The Labute approximate surface area is 97.9 Å². The van der Waals surface area contributed by atoms with Gasteiger partial charge in [0, 0.05) is 19.7 Å². The van der Waals surface area contributed by atoms with E-state index in [9.17, 15) is 14.9 Å².